The predicted molar refractivity (Wildman–Crippen MR) is 86.8 cm³/mol. The zero-order valence-electron chi connectivity index (χ0n) is 13.3. The van der Waals surface area contributed by atoms with Gasteiger partial charge in [-0.2, -0.15) is 0 Å². The zero-order chi connectivity index (χ0) is 17.0. The summed E-state index contributed by atoms with van der Waals surface area (Å²) in [6.07, 6.45) is 0. The number of H-pyrrole nitrogens is 1. The average molecular weight is 318 g/mol. The Bertz CT molecular complexity index is 769. The van der Waals surface area contributed by atoms with E-state index in [0.29, 0.717) is 11.4 Å². The average Bonchev–Trinajstić information content (AvgIpc) is 2.50. The number of esters is 1. The maximum Gasteiger partial charge on any atom is 0.357 e. The second-order valence-corrected chi connectivity index (χ2v) is 5.34. The number of ether oxygens (including phenoxy) is 1. The van der Waals surface area contributed by atoms with Crippen molar-refractivity contribution in [1.82, 2.24) is 4.98 Å². The van der Waals surface area contributed by atoms with Crippen LogP contribution in [0.3, 0.4) is 0 Å². The molecule has 5 nitrogen and oxygen atoms in total. The molecule has 0 saturated carbocycles. The normalized spacial score (nSPS) is 10.7. The van der Waals surface area contributed by atoms with Gasteiger partial charge >= 0.3 is 5.97 Å². The van der Waals surface area contributed by atoms with Gasteiger partial charge in [0.25, 0.3) is 0 Å². The number of halogens is 1. The molecule has 0 amide bonds. The SMILES string of the molecule is CCOC(=O)c1[nH]c(=O)ccc1Nc1ccc(F)cc1C(C)C. The first-order valence-corrected chi connectivity index (χ1v) is 7.39. The maximum atomic E-state index is 13.5. The van der Waals surface area contributed by atoms with Crippen LogP contribution in [0.15, 0.2) is 35.1 Å². The highest BCUT2D eigenvalue weighted by Crippen LogP contribution is 2.28. The van der Waals surface area contributed by atoms with Gasteiger partial charge in [-0.15, -0.1) is 0 Å². The highest BCUT2D eigenvalue weighted by molar-refractivity contribution is 5.94. The summed E-state index contributed by atoms with van der Waals surface area (Å²) in [5.74, 6) is -0.866. The van der Waals surface area contributed by atoms with Crippen molar-refractivity contribution in [3.63, 3.8) is 0 Å². The van der Waals surface area contributed by atoms with Crippen molar-refractivity contribution < 1.29 is 13.9 Å². The highest BCUT2D eigenvalue weighted by Gasteiger charge is 2.16. The Morgan fingerprint density at radius 3 is 2.61 bits per heavy atom. The van der Waals surface area contributed by atoms with E-state index >= 15 is 0 Å². The molecule has 0 fully saturated rings. The molecule has 0 aliphatic carbocycles. The molecule has 23 heavy (non-hydrogen) atoms. The fourth-order valence-corrected chi connectivity index (χ4v) is 2.21. The van der Waals surface area contributed by atoms with E-state index in [4.69, 9.17) is 4.74 Å². The Balaban J connectivity index is 2.45. The Kier molecular flexibility index (Phi) is 5.16. The quantitative estimate of drug-likeness (QED) is 0.827. The lowest BCUT2D eigenvalue weighted by Crippen LogP contribution is -2.16. The molecule has 2 N–H and O–H groups in total. The van der Waals surface area contributed by atoms with Gasteiger partial charge in [0, 0.05) is 11.8 Å². The number of nitrogens with one attached hydrogen (secondary N) is 2. The molecular weight excluding hydrogens is 299 g/mol. The molecule has 0 radical (unpaired) electrons. The molecule has 1 aromatic heterocycles. The lowest BCUT2D eigenvalue weighted by atomic mass is 10.0. The monoisotopic (exact) mass is 318 g/mol. The van der Waals surface area contributed by atoms with Gasteiger partial charge in [-0.25, -0.2) is 9.18 Å². The molecule has 2 rings (SSSR count). The molecular formula is C17H19FN2O3. The Labute approximate surface area is 133 Å². The first-order valence-electron chi connectivity index (χ1n) is 7.39. The van der Waals surface area contributed by atoms with Crippen LogP contribution in [0.2, 0.25) is 0 Å². The van der Waals surface area contributed by atoms with E-state index in [0.717, 1.165) is 5.56 Å². The summed E-state index contributed by atoms with van der Waals surface area (Å²) >= 11 is 0. The molecule has 2 aromatic rings. The van der Waals surface area contributed by atoms with Crippen molar-refractivity contribution >= 4 is 17.3 Å². The molecule has 0 bridgehead atoms. The van der Waals surface area contributed by atoms with Gasteiger partial charge in [0.1, 0.15) is 5.82 Å². The van der Waals surface area contributed by atoms with Crippen LogP contribution in [0.1, 0.15) is 42.7 Å². The molecule has 0 aliphatic rings. The molecule has 0 aliphatic heterocycles. The lowest BCUT2D eigenvalue weighted by Gasteiger charge is -2.16. The number of benzene rings is 1. The number of hydrogen-bond donors (Lipinski definition) is 2. The largest absolute Gasteiger partial charge is 0.461 e. The first-order chi connectivity index (χ1) is 10.9. The van der Waals surface area contributed by atoms with Crippen molar-refractivity contribution in [1.29, 1.82) is 0 Å². The number of pyridine rings is 1. The number of aromatic amines is 1. The van der Waals surface area contributed by atoms with E-state index in [1.165, 1.54) is 24.3 Å². The smallest absolute Gasteiger partial charge is 0.357 e. The van der Waals surface area contributed by atoms with E-state index < -0.39 is 11.5 Å². The van der Waals surface area contributed by atoms with Crippen molar-refractivity contribution in [2.24, 2.45) is 0 Å². The van der Waals surface area contributed by atoms with Gasteiger partial charge in [-0.05, 0) is 42.7 Å². The number of anilines is 2. The molecule has 1 aromatic carbocycles. The number of carbonyl (C=O) groups excluding carboxylic acids is 1. The Morgan fingerprint density at radius 2 is 1.96 bits per heavy atom. The van der Waals surface area contributed by atoms with E-state index in [9.17, 15) is 14.0 Å². The van der Waals surface area contributed by atoms with Gasteiger partial charge in [0.15, 0.2) is 5.69 Å². The lowest BCUT2D eigenvalue weighted by molar-refractivity contribution is 0.0520. The minimum Gasteiger partial charge on any atom is -0.461 e. The summed E-state index contributed by atoms with van der Waals surface area (Å²) in [6.45, 7) is 5.77. The fraction of sp³-hybridized carbons (Fsp3) is 0.294. The van der Waals surface area contributed by atoms with Crippen LogP contribution in [-0.2, 0) is 4.74 Å². The molecule has 0 spiro atoms. The number of rotatable bonds is 5. The van der Waals surface area contributed by atoms with Crippen LogP contribution in [-0.4, -0.2) is 17.6 Å². The molecule has 6 heteroatoms. The van der Waals surface area contributed by atoms with Gasteiger partial charge < -0.3 is 15.0 Å². The van der Waals surface area contributed by atoms with Crippen LogP contribution in [0.5, 0.6) is 0 Å². The molecule has 1 heterocycles. The fourth-order valence-electron chi connectivity index (χ4n) is 2.21. The molecule has 0 atom stereocenters. The van der Waals surface area contributed by atoms with Crippen LogP contribution < -0.4 is 10.9 Å². The topological polar surface area (TPSA) is 71.2 Å². The molecule has 122 valence electrons. The first kappa shape index (κ1) is 16.7. The van der Waals surface area contributed by atoms with Gasteiger partial charge in [0.05, 0.1) is 12.3 Å². The van der Waals surface area contributed by atoms with Gasteiger partial charge in [-0.1, -0.05) is 13.8 Å². The molecule has 0 saturated heterocycles. The zero-order valence-corrected chi connectivity index (χ0v) is 13.3. The Morgan fingerprint density at radius 1 is 1.26 bits per heavy atom. The minimum atomic E-state index is -0.624. The minimum absolute atomic E-state index is 0.0402. The van der Waals surface area contributed by atoms with Crippen molar-refractivity contribution in [3.8, 4) is 0 Å². The third-order valence-electron chi connectivity index (χ3n) is 3.30. The summed E-state index contributed by atoms with van der Waals surface area (Å²) in [6, 6.07) is 7.19. The van der Waals surface area contributed by atoms with Gasteiger partial charge in [0.2, 0.25) is 5.56 Å². The van der Waals surface area contributed by atoms with Crippen molar-refractivity contribution in [2.75, 3.05) is 11.9 Å². The summed E-state index contributed by atoms with van der Waals surface area (Å²) in [4.78, 5) is 25.9. The third-order valence-corrected chi connectivity index (χ3v) is 3.30. The van der Waals surface area contributed by atoms with Gasteiger partial charge in [-0.3, -0.25) is 4.79 Å². The standard InChI is InChI=1S/C17H19FN2O3/c1-4-23-17(22)16-14(7-8-15(21)20-16)19-13-6-5-11(18)9-12(13)10(2)3/h5-10,19H,4H2,1-3H3,(H,20,21). The number of carbonyl (C=O) groups is 1. The van der Waals surface area contributed by atoms with Crippen LogP contribution >= 0.6 is 0 Å². The predicted octanol–water partition coefficient (Wildman–Crippen LogP) is 3.56. The third kappa shape index (κ3) is 3.97. The van der Waals surface area contributed by atoms with Crippen molar-refractivity contribution in [3.05, 3.63) is 57.8 Å². The van der Waals surface area contributed by atoms with E-state index in [1.54, 1.807) is 13.0 Å². The van der Waals surface area contributed by atoms with Crippen LogP contribution in [0, 0.1) is 5.82 Å². The van der Waals surface area contributed by atoms with E-state index in [1.807, 2.05) is 13.8 Å². The number of aromatic nitrogens is 1. The summed E-state index contributed by atoms with van der Waals surface area (Å²) in [5, 5.41) is 3.08. The Hall–Kier alpha value is -2.63. The van der Waals surface area contributed by atoms with Crippen molar-refractivity contribution in [2.45, 2.75) is 26.7 Å². The summed E-state index contributed by atoms with van der Waals surface area (Å²) < 4.78 is 18.4. The molecule has 0 unspecified atom stereocenters. The summed E-state index contributed by atoms with van der Waals surface area (Å²) in [5.41, 5.74) is 1.47. The number of hydrogen-bond acceptors (Lipinski definition) is 4. The highest BCUT2D eigenvalue weighted by atomic mass is 19.1. The van der Waals surface area contributed by atoms with E-state index in [2.05, 4.69) is 10.3 Å². The maximum absolute atomic E-state index is 13.5. The second kappa shape index (κ2) is 7.09. The van der Waals surface area contributed by atoms with Crippen LogP contribution in [0.25, 0.3) is 0 Å². The second-order valence-electron chi connectivity index (χ2n) is 5.34. The summed E-state index contributed by atoms with van der Waals surface area (Å²) in [7, 11) is 0. The van der Waals surface area contributed by atoms with E-state index in [-0.39, 0.29) is 24.0 Å². The van der Waals surface area contributed by atoms with Crippen LogP contribution in [0.4, 0.5) is 15.8 Å².